The lowest BCUT2D eigenvalue weighted by Gasteiger charge is -2.26. The van der Waals surface area contributed by atoms with E-state index in [1.807, 2.05) is 43.3 Å². The predicted octanol–water partition coefficient (Wildman–Crippen LogP) is 1.38. The Morgan fingerprint density at radius 3 is 2.86 bits per heavy atom. The Hall–Kier alpha value is -2.28. The standard InChI is InChI=1S/C14H18N4O3/c1-18(2)8-13-16-17-14(21-13)15-7-10-9-19-11-5-3-4-6-12(11)20-10/h3-6,10H,7-9H2,1-2H3,(H,15,17). The van der Waals surface area contributed by atoms with Crippen LogP contribution >= 0.6 is 0 Å². The smallest absolute Gasteiger partial charge is 0.315 e. The molecule has 1 N–H and O–H groups in total. The van der Waals surface area contributed by atoms with E-state index in [1.54, 1.807) is 0 Å². The average molecular weight is 290 g/mol. The van der Waals surface area contributed by atoms with Crippen LogP contribution in [0.15, 0.2) is 28.7 Å². The molecule has 21 heavy (non-hydrogen) atoms. The highest BCUT2D eigenvalue weighted by molar-refractivity contribution is 5.40. The van der Waals surface area contributed by atoms with Gasteiger partial charge < -0.3 is 24.1 Å². The van der Waals surface area contributed by atoms with Crippen molar-refractivity contribution in [3.63, 3.8) is 0 Å². The number of nitrogens with zero attached hydrogens (tertiary/aromatic N) is 3. The van der Waals surface area contributed by atoms with E-state index in [2.05, 4.69) is 15.5 Å². The third kappa shape index (κ3) is 3.43. The number of fused-ring (bicyclic) bond motifs is 1. The van der Waals surface area contributed by atoms with Gasteiger partial charge in [0.2, 0.25) is 5.89 Å². The molecule has 0 spiro atoms. The summed E-state index contributed by atoms with van der Waals surface area (Å²) in [6.45, 7) is 1.64. The minimum absolute atomic E-state index is 0.0934. The number of ether oxygens (including phenoxy) is 2. The van der Waals surface area contributed by atoms with Crippen LogP contribution < -0.4 is 14.8 Å². The number of nitrogens with one attached hydrogen (secondary N) is 1. The molecule has 1 aromatic carbocycles. The van der Waals surface area contributed by atoms with Crippen molar-refractivity contribution in [1.29, 1.82) is 0 Å². The van der Waals surface area contributed by atoms with Gasteiger partial charge in [-0.2, -0.15) is 0 Å². The van der Waals surface area contributed by atoms with Gasteiger partial charge in [-0.05, 0) is 26.2 Å². The molecule has 1 aliphatic rings. The van der Waals surface area contributed by atoms with Gasteiger partial charge in [0.15, 0.2) is 17.6 Å². The van der Waals surface area contributed by atoms with Gasteiger partial charge in [-0.1, -0.05) is 17.2 Å². The number of aromatic nitrogens is 2. The molecular weight excluding hydrogens is 272 g/mol. The van der Waals surface area contributed by atoms with Crippen molar-refractivity contribution in [3.05, 3.63) is 30.2 Å². The molecule has 1 atom stereocenters. The maximum Gasteiger partial charge on any atom is 0.315 e. The molecule has 2 heterocycles. The normalized spacial score (nSPS) is 17.0. The Balaban J connectivity index is 1.53. The second-order valence-corrected chi connectivity index (χ2v) is 5.12. The van der Waals surface area contributed by atoms with Gasteiger partial charge in [-0.3, -0.25) is 0 Å². The van der Waals surface area contributed by atoms with Crippen LogP contribution in [0, 0.1) is 0 Å². The molecular formula is C14H18N4O3. The van der Waals surface area contributed by atoms with Gasteiger partial charge in [0.1, 0.15) is 6.61 Å². The zero-order chi connectivity index (χ0) is 14.7. The molecule has 1 aromatic heterocycles. The minimum atomic E-state index is -0.0934. The first-order valence-electron chi connectivity index (χ1n) is 6.80. The van der Waals surface area contributed by atoms with Crippen LogP contribution in [0.2, 0.25) is 0 Å². The lowest BCUT2D eigenvalue weighted by molar-refractivity contribution is 0.0993. The van der Waals surface area contributed by atoms with Gasteiger partial charge in [-0.15, -0.1) is 5.10 Å². The molecule has 0 radical (unpaired) electrons. The van der Waals surface area contributed by atoms with Crippen LogP contribution in [0.5, 0.6) is 11.5 Å². The molecule has 7 heteroatoms. The number of rotatable bonds is 5. The summed E-state index contributed by atoms with van der Waals surface area (Å²) in [6.07, 6.45) is -0.0934. The number of anilines is 1. The molecule has 0 bridgehead atoms. The monoisotopic (exact) mass is 290 g/mol. The second-order valence-electron chi connectivity index (χ2n) is 5.12. The summed E-state index contributed by atoms with van der Waals surface area (Å²) in [5.74, 6) is 2.11. The Morgan fingerprint density at radius 2 is 2.05 bits per heavy atom. The van der Waals surface area contributed by atoms with Crippen molar-refractivity contribution in [1.82, 2.24) is 15.1 Å². The van der Waals surface area contributed by atoms with Crippen LogP contribution in [0.25, 0.3) is 0 Å². The second kappa shape index (κ2) is 6.01. The van der Waals surface area contributed by atoms with Crippen LogP contribution in [0.1, 0.15) is 5.89 Å². The summed E-state index contributed by atoms with van der Waals surface area (Å²) in [7, 11) is 3.89. The number of hydrogen-bond acceptors (Lipinski definition) is 7. The van der Waals surface area contributed by atoms with Crippen molar-refractivity contribution in [2.45, 2.75) is 12.6 Å². The van der Waals surface area contributed by atoms with Gasteiger partial charge >= 0.3 is 6.01 Å². The summed E-state index contributed by atoms with van der Waals surface area (Å²) in [6, 6.07) is 8.03. The van der Waals surface area contributed by atoms with Crippen molar-refractivity contribution in [2.75, 3.05) is 32.6 Å². The Bertz CT molecular complexity index is 599. The maximum absolute atomic E-state index is 5.84. The summed E-state index contributed by atoms with van der Waals surface area (Å²) in [5, 5.41) is 11.0. The van der Waals surface area contributed by atoms with E-state index in [0.29, 0.717) is 31.6 Å². The molecule has 112 valence electrons. The van der Waals surface area contributed by atoms with Crippen molar-refractivity contribution in [3.8, 4) is 11.5 Å². The lowest BCUT2D eigenvalue weighted by Crippen LogP contribution is -2.35. The molecule has 1 unspecified atom stereocenters. The highest BCUT2D eigenvalue weighted by atomic mass is 16.6. The Labute approximate surface area is 122 Å². The molecule has 0 amide bonds. The number of para-hydroxylation sites is 2. The molecule has 0 aliphatic carbocycles. The maximum atomic E-state index is 5.84. The lowest BCUT2D eigenvalue weighted by atomic mass is 10.2. The molecule has 0 saturated heterocycles. The fourth-order valence-electron chi connectivity index (χ4n) is 2.02. The van der Waals surface area contributed by atoms with Crippen LogP contribution in [0.4, 0.5) is 6.01 Å². The average Bonchev–Trinajstić information content (AvgIpc) is 2.91. The van der Waals surface area contributed by atoms with Crippen molar-refractivity contribution < 1.29 is 13.9 Å². The fourth-order valence-corrected chi connectivity index (χ4v) is 2.02. The quantitative estimate of drug-likeness (QED) is 0.891. The van der Waals surface area contributed by atoms with E-state index >= 15 is 0 Å². The Kier molecular flexibility index (Phi) is 3.92. The molecule has 2 aromatic rings. The summed E-state index contributed by atoms with van der Waals surface area (Å²) in [5.41, 5.74) is 0. The molecule has 7 nitrogen and oxygen atoms in total. The summed E-state index contributed by atoms with van der Waals surface area (Å²) >= 11 is 0. The van der Waals surface area contributed by atoms with Crippen LogP contribution in [-0.4, -0.2) is 48.4 Å². The topological polar surface area (TPSA) is 72.7 Å². The van der Waals surface area contributed by atoms with E-state index in [0.717, 1.165) is 11.5 Å². The zero-order valence-electron chi connectivity index (χ0n) is 12.1. The first-order valence-corrected chi connectivity index (χ1v) is 6.80. The Morgan fingerprint density at radius 1 is 1.24 bits per heavy atom. The van der Waals surface area contributed by atoms with E-state index in [4.69, 9.17) is 13.9 Å². The zero-order valence-corrected chi connectivity index (χ0v) is 12.1. The predicted molar refractivity (Wildman–Crippen MR) is 76.5 cm³/mol. The summed E-state index contributed by atoms with van der Waals surface area (Å²) < 4.78 is 17.0. The van der Waals surface area contributed by atoms with Gasteiger partial charge in [0, 0.05) is 0 Å². The minimum Gasteiger partial charge on any atom is -0.486 e. The molecule has 1 aliphatic heterocycles. The van der Waals surface area contributed by atoms with Gasteiger partial charge in [-0.25, -0.2) is 0 Å². The first kappa shape index (κ1) is 13.7. The van der Waals surface area contributed by atoms with Crippen molar-refractivity contribution in [2.24, 2.45) is 0 Å². The van der Waals surface area contributed by atoms with E-state index in [-0.39, 0.29) is 6.10 Å². The number of benzene rings is 1. The SMILES string of the molecule is CN(C)Cc1nnc(NCC2COc3ccccc3O2)o1. The largest absolute Gasteiger partial charge is 0.486 e. The fraction of sp³-hybridized carbons (Fsp3) is 0.429. The van der Waals surface area contributed by atoms with E-state index in [9.17, 15) is 0 Å². The van der Waals surface area contributed by atoms with Gasteiger partial charge in [0.25, 0.3) is 0 Å². The molecule has 0 fully saturated rings. The summed E-state index contributed by atoms with van der Waals surface area (Å²) in [4.78, 5) is 1.96. The molecule has 3 rings (SSSR count). The third-order valence-electron chi connectivity index (χ3n) is 2.97. The van der Waals surface area contributed by atoms with Crippen LogP contribution in [0.3, 0.4) is 0 Å². The van der Waals surface area contributed by atoms with E-state index < -0.39 is 0 Å². The highest BCUT2D eigenvalue weighted by Gasteiger charge is 2.21. The molecule has 0 saturated carbocycles. The van der Waals surface area contributed by atoms with Gasteiger partial charge in [0.05, 0.1) is 13.1 Å². The third-order valence-corrected chi connectivity index (χ3v) is 2.97. The van der Waals surface area contributed by atoms with Crippen LogP contribution in [-0.2, 0) is 6.54 Å². The van der Waals surface area contributed by atoms with Crippen molar-refractivity contribution >= 4 is 6.01 Å². The first-order chi connectivity index (χ1) is 10.2. The van der Waals surface area contributed by atoms with E-state index in [1.165, 1.54) is 0 Å². The highest BCUT2D eigenvalue weighted by Crippen LogP contribution is 2.30. The number of hydrogen-bond donors (Lipinski definition) is 1.